The van der Waals surface area contributed by atoms with E-state index in [1.165, 1.54) is 32.9 Å². The molecule has 1 aromatic heterocycles. The molecule has 1 aromatic carbocycles. The lowest BCUT2D eigenvalue weighted by molar-refractivity contribution is -0.214. The summed E-state index contributed by atoms with van der Waals surface area (Å²) >= 11 is 0. The number of alkyl halides is 2. The molecule has 0 fully saturated rings. The number of aromatic nitrogens is 1. The average molecular weight is 377 g/mol. The highest BCUT2D eigenvalue weighted by Gasteiger charge is 2.63. The molecule has 144 valence electrons. The van der Waals surface area contributed by atoms with Gasteiger partial charge in [0.15, 0.2) is 5.54 Å². The Morgan fingerprint density at radius 3 is 2.56 bits per heavy atom. The third-order valence-corrected chi connectivity index (χ3v) is 5.00. The molecule has 4 nitrogen and oxygen atoms in total. The number of rotatable bonds is 3. The number of ether oxygens (including phenoxy) is 1. The maximum absolute atomic E-state index is 15.4. The molecule has 0 aliphatic carbocycles. The van der Waals surface area contributed by atoms with Gasteiger partial charge >= 0.3 is 5.92 Å². The molecule has 0 unspecified atom stereocenters. The number of amidine groups is 1. The molecule has 0 saturated carbocycles. The second kappa shape index (κ2) is 6.64. The van der Waals surface area contributed by atoms with E-state index >= 15 is 8.78 Å². The van der Waals surface area contributed by atoms with Crippen molar-refractivity contribution in [2.75, 3.05) is 6.61 Å². The van der Waals surface area contributed by atoms with Gasteiger partial charge in [-0.05, 0) is 56.5 Å². The molecule has 2 heterocycles. The first kappa shape index (κ1) is 19.4. The van der Waals surface area contributed by atoms with Gasteiger partial charge in [-0.15, -0.1) is 0 Å². The summed E-state index contributed by atoms with van der Waals surface area (Å²) in [6.07, 6.45) is 3.76. The van der Waals surface area contributed by atoms with Crippen molar-refractivity contribution >= 4 is 5.84 Å². The van der Waals surface area contributed by atoms with Gasteiger partial charge in [-0.3, -0.25) is 9.98 Å². The SMILES string of the molecule is CC1(C)OCC(N)=N[C@](C)(c2cc(Cc3cccnc3)ccc2F)C1(F)F. The van der Waals surface area contributed by atoms with Gasteiger partial charge in [-0.1, -0.05) is 12.1 Å². The number of halogens is 3. The van der Waals surface area contributed by atoms with Crippen molar-refractivity contribution in [3.8, 4) is 0 Å². The zero-order valence-corrected chi connectivity index (χ0v) is 15.5. The molecular formula is C20H22F3N3O. The number of pyridine rings is 1. The quantitative estimate of drug-likeness (QED) is 0.884. The zero-order valence-electron chi connectivity index (χ0n) is 15.5. The monoisotopic (exact) mass is 377 g/mol. The molecule has 1 aliphatic rings. The third kappa shape index (κ3) is 3.32. The summed E-state index contributed by atoms with van der Waals surface area (Å²) < 4.78 is 50.8. The van der Waals surface area contributed by atoms with E-state index < -0.39 is 22.9 Å². The van der Waals surface area contributed by atoms with Crippen LogP contribution in [0.4, 0.5) is 13.2 Å². The predicted octanol–water partition coefficient (Wildman–Crippen LogP) is 3.83. The van der Waals surface area contributed by atoms with Crippen LogP contribution in [0.3, 0.4) is 0 Å². The van der Waals surface area contributed by atoms with Crippen LogP contribution in [0.5, 0.6) is 0 Å². The zero-order chi connectivity index (χ0) is 19.9. The summed E-state index contributed by atoms with van der Waals surface area (Å²) in [5.74, 6) is -4.37. The molecular weight excluding hydrogens is 355 g/mol. The van der Waals surface area contributed by atoms with Crippen LogP contribution in [-0.4, -0.2) is 29.0 Å². The Morgan fingerprint density at radius 1 is 1.15 bits per heavy atom. The van der Waals surface area contributed by atoms with Crippen molar-refractivity contribution in [2.24, 2.45) is 10.7 Å². The second-order valence-electron chi connectivity index (χ2n) is 7.40. The van der Waals surface area contributed by atoms with Gasteiger partial charge in [0.2, 0.25) is 0 Å². The summed E-state index contributed by atoms with van der Waals surface area (Å²) in [7, 11) is 0. The van der Waals surface area contributed by atoms with Crippen molar-refractivity contribution in [3.63, 3.8) is 0 Å². The van der Waals surface area contributed by atoms with Crippen LogP contribution >= 0.6 is 0 Å². The minimum Gasteiger partial charge on any atom is -0.385 e. The predicted molar refractivity (Wildman–Crippen MR) is 97.4 cm³/mol. The summed E-state index contributed by atoms with van der Waals surface area (Å²) in [4.78, 5) is 8.04. The van der Waals surface area contributed by atoms with Crippen LogP contribution in [0.25, 0.3) is 0 Å². The fourth-order valence-corrected chi connectivity index (χ4v) is 3.34. The highest BCUT2D eigenvalue weighted by Crippen LogP contribution is 2.50. The Hall–Kier alpha value is -2.41. The molecule has 0 amide bonds. The van der Waals surface area contributed by atoms with Crippen LogP contribution in [0.2, 0.25) is 0 Å². The molecule has 3 rings (SSSR count). The molecule has 0 bridgehead atoms. The van der Waals surface area contributed by atoms with Crippen LogP contribution < -0.4 is 5.73 Å². The minimum atomic E-state index is -3.51. The van der Waals surface area contributed by atoms with Crippen molar-refractivity contribution in [2.45, 2.75) is 44.3 Å². The number of aliphatic imine (C=N–C) groups is 1. The average Bonchev–Trinajstić information content (AvgIpc) is 2.67. The highest BCUT2D eigenvalue weighted by molar-refractivity contribution is 5.82. The van der Waals surface area contributed by atoms with E-state index in [1.807, 2.05) is 6.07 Å². The van der Waals surface area contributed by atoms with Gasteiger partial charge in [0.1, 0.15) is 23.9 Å². The van der Waals surface area contributed by atoms with Crippen LogP contribution in [0, 0.1) is 5.82 Å². The second-order valence-corrected chi connectivity index (χ2v) is 7.40. The Balaban J connectivity index is 2.12. The molecule has 1 atom stereocenters. The molecule has 7 heteroatoms. The summed E-state index contributed by atoms with van der Waals surface area (Å²) in [6, 6.07) is 7.83. The van der Waals surface area contributed by atoms with E-state index in [9.17, 15) is 4.39 Å². The smallest absolute Gasteiger partial charge is 0.304 e. The Bertz CT molecular complexity index is 868. The molecule has 0 saturated heterocycles. The number of nitrogens with two attached hydrogens (primary N) is 1. The third-order valence-electron chi connectivity index (χ3n) is 5.00. The fraction of sp³-hybridized carbons (Fsp3) is 0.400. The van der Waals surface area contributed by atoms with Gasteiger partial charge in [0.25, 0.3) is 0 Å². The minimum absolute atomic E-state index is 0.0974. The lowest BCUT2D eigenvalue weighted by atomic mass is 9.77. The maximum atomic E-state index is 15.4. The normalized spacial score (nSPS) is 24.1. The van der Waals surface area contributed by atoms with Crippen LogP contribution in [-0.2, 0) is 16.7 Å². The largest absolute Gasteiger partial charge is 0.385 e. The fourth-order valence-electron chi connectivity index (χ4n) is 3.34. The van der Waals surface area contributed by atoms with Crippen molar-refractivity contribution in [3.05, 3.63) is 65.2 Å². The molecule has 0 radical (unpaired) electrons. The Labute approximate surface area is 156 Å². The number of nitrogens with zero attached hydrogens (tertiary/aromatic N) is 2. The van der Waals surface area contributed by atoms with Gasteiger partial charge in [-0.2, -0.15) is 0 Å². The number of hydrogen-bond acceptors (Lipinski definition) is 4. The van der Waals surface area contributed by atoms with Gasteiger partial charge in [-0.25, -0.2) is 13.2 Å². The van der Waals surface area contributed by atoms with E-state index in [0.29, 0.717) is 12.0 Å². The first-order valence-electron chi connectivity index (χ1n) is 8.60. The first-order chi connectivity index (χ1) is 12.6. The van der Waals surface area contributed by atoms with E-state index in [2.05, 4.69) is 9.98 Å². The maximum Gasteiger partial charge on any atom is 0.304 e. The first-order valence-corrected chi connectivity index (χ1v) is 8.60. The van der Waals surface area contributed by atoms with Crippen molar-refractivity contribution in [1.82, 2.24) is 4.98 Å². The van der Waals surface area contributed by atoms with Crippen molar-refractivity contribution < 1.29 is 17.9 Å². The van der Waals surface area contributed by atoms with E-state index in [4.69, 9.17) is 10.5 Å². The lowest BCUT2D eigenvalue weighted by Gasteiger charge is -2.42. The molecule has 1 aliphatic heterocycles. The van der Waals surface area contributed by atoms with Gasteiger partial charge < -0.3 is 10.5 Å². The summed E-state index contributed by atoms with van der Waals surface area (Å²) in [5.41, 5.74) is 3.03. The topological polar surface area (TPSA) is 60.5 Å². The van der Waals surface area contributed by atoms with E-state index in [-0.39, 0.29) is 18.0 Å². The van der Waals surface area contributed by atoms with Crippen molar-refractivity contribution in [1.29, 1.82) is 0 Å². The van der Waals surface area contributed by atoms with Crippen LogP contribution in [0.1, 0.15) is 37.5 Å². The summed E-state index contributed by atoms with van der Waals surface area (Å²) in [6.45, 7) is 3.48. The number of hydrogen-bond donors (Lipinski definition) is 1. The Kier molecular flexibility index (Phi) is 4.76. The molecule has 2 N–H and O–H groups in total. The van der Waals surface area contributed by atoms with Crippen LogP contribution in [0.15, 0.2) is 47.7 Å². The molecule has 2 aromatic rings. The van der Waals surface area contributed by atoms with Gasteiger partial charge in [0, 0.05) is 18.0 Å². The standard InChI is InChI=1S/C20H22F3N3O/c1-18(2)20(22,23)19(3,26-17(24)12-27-18)15-10-13(6-7-16(15)21)9-14-5-4-8-25-11-14/h4-8,10-11H,9,12H2,1-3H3,(H2,24,26)/t19-/m1/s1. The number of benzene rings is 1. The molecule has 27 heavy (non-hydrogen) atoms. The summed E-state index contributed by atoms with van der Waals surface area (Å²) in [5, 5.41) is 0. The molecule has 0 spiro atoms. The highest BCUT2D eigenvalue weighted by atomic mass is 19.3. The lowest BCUT2D eigenvalue weighted by Crippen LogP contribution is -2.56. The van der Waals surface area contributed by atoms with E-state index in [0.717, 1.165) is 5.56 Å². The Morgan fingerprint density at radius 2 is 1.89 bits per heavy atom. The van der Waals surface area contributed by atoms with Gasteiger partial charge in [0.05, 0.1) is 0 Å². The van der Waals surface area contributed by atoms with E-state index in [1.54, 1.807) is 24.5 Å².